The molecular weight excluding hydrogens is 475 g/mol. The molecule has 8 heteroatoms. The molecule has 0 unspecified atom stereocenters. The number of hydrazone groups is 1. The Morgan fingerprint density at radius 3 is 2.50 bits per heavy atom. The van der Waals surface area contributed by atoms with E-state index in [4.69, 9.17) is 25.4 Å². The van der Waals surface area contributed by atoms with Crippen LogP contribution < -0.4 is 24.4 Å². The Kier molecular flexibility index (Phi) is 7.95. The molecule has 28 heavy (non-hydrogen) atoms. The maximum Gasteiger partial charge on any atom is 0.271 e. The lowest BCUT2D eigenvalue weighted by Crippen LogP contribution is -2.17. The molecule has 1 N–H and O–H groups in total. The number of carbonyl (C=O) groups is 1. The second-order valence-corrected chi connectivity index (χ2v) is 6.46. The first kappa shape index (κ1) is 21.4. The fourth-order valence-electron chi connectivity index (χ4n) is 2.28. The van der Waals surface area contributed by atoms with Gasteiger partial charge in [0.05, 0.1) is 31.1 Å². The fourth-order valence-corrected chi connectivity index (χ4v) is 3.06. The van der Waals surface area contributed by atoms with E-state index in [1.165, 1.54) is 27.5 Å². The van der Waals surface area contributed by atoms with E-state index in [0.717, 1.165) is 9.13 Å². The average Bonchev–Trinajstić information content (AvgIpc) is 2.71. The van der Waals surface area contributed by atoms with Crippen LogP contribution >= 0.6 is 22.6 Å². The number of benzene rings is 2. The fraction of sp³-hybridized carbons (Fsp3) is 0.200. The summed E-state index contributed by atoms with van der Waals surface area (Å²) in [5.74, 6) is 4.12. The van der Waals surface area contributed by atoms with Crippen LogP contribution in [0.15, 0.2) is 35.4 Å². The van der Waals surface area contributed by atoms with Crippen molar-refractivity contribution in [1.29, 1.82) is 0 Å². The lowest BCUT2D eigenvalue weighted by Gasteiger charge is -2.11. The van der Waals surface area contributed by atoms with Gasteiger partial charge in [-0.25, -0.2) is 5.43 Å². The van der Waals surface area contributed by atoms with Crippen molar-refractivity contribution >= 4 is 34.7 Å². The van der Waals surface area contributed by atoms with Crippen molar-refractivity contribution in [2.45, 2.75) is 0 Å². The van der Waals surface area contributed by atoms with Gasteiger partial charge in [-0.05, 0) is 58.5 Å². The van der Waals surface area contributed by atoms with E-state index in [9.17, 15) is 4.79 Å². The van der Waals surface area contributed by atoms with Crippen LogP contribution in [0, 0.1) is 15.9 Å². The van der Waals surface area contributed by atoms with Crippen LogP contribution in [-0.4, -0.2) is 40.1 Å². The van der Waals surface area contributed by atoms with Crippen LogP contribution in [0.3, 0.4) is 0 Å². The number of hydrogen-bond donors (Lipinski definition) is 1. The molecule has 2 aromatic carbocycles. The zero-order valence-corrected chi connectivity index (χ0v) is 17.8. The molecule has 0 aliphatic rings. The number of nitrogens with one attached hydrogen (secondary N) is 1. The lowest BCUT2D eigenvalue weighted by molar-refractivity contribution is 0.0954. The summed E-state index contributed by atoms with van der Waals surface area (Å²) in [6, 6.07) is 8.42. The van der Waals surface area contributed by atoms with Crippen molar-refractivity contribution in [2.24, 2.45) is 5.10 Å². The molecule has 2 aromatic rings. The van der Waals surface area contributed by atoms with Crippen molar-refractivity contribution in [3.8, 4) is 35.3 Å². The highest BCUT2D eigenvalue weighted by Crippen LogP contribution is 2.33. The Morgan fingerprint density at radius 1 is 1.14 bits per heavy atom. The first-order valence-corrected chi connectivity index (χ1v) is 9.11. The van der Waals surface area contributed by atoms with Crippen molar-refractivity contribution in [2.75, 3.05) is 27.9 Å². The molecule has 0 atom stereocenters. The van der Waals surface area contributed by atoms with Crippen molar-refractivity contribution in [3.63, 3.8) is 0 Å². The predicted octanol–water partition coefficient (Wildman–Crippen LogP) is 3.09. The lowest BCUT2D eigenvalue weighted by atomic mass is 10.2. The Hall–Kier alpha value is -2.93. The summed E-state index contributed by atoms with van der Waals surface area (Å²) in [4.78, 5) is 12.3. The molecule has 0 bridgehead atoms. The second kappa shape index (κ2) is 10.4. The van der Waals surface area contributed by atoms with Gasteiger partial charge in [0.25, 0.3) is 5.91 Å². The number of nitrogens with zero attached hydrogens (tertiary/aromatic N) is 1. The average molecular weight is 494 g/mol. The zero-order chi connectivity index (χ0) is 20.5. The molecule has 0 fully saturated rings. The minimum atomic E-state index is -0.382. The molecule has 0 aliphatic carbocycles. The quantitative estimate of drug-likeness (QED) is 0.264. The van der Waals surface area contributed by atoms with Gasteiger partial charge in [-0.1, -0.05) is 5.92 Å². The Morgan fingerprint density at radius 2 is 1.86 bits per heavy atom. The minimum Gasteiger partial charge on any atom is -0.493 e. The smallest absolute Gasteiger partial charge is 0.271 e. The molecule has 0 radical (unpaired) electrons. The summed E-state index contributed by atoms with van der Waals surface area (Å²) in [6.45, 7) is 0.140. The third-order valence-electron chi connectivity index (χ3n) is 3.58. The number of methoxy groups -OCH3 is 3. The SMILES string of the molecule is C#CCOc1c(I)cc(/C=N/NC(=O)c2ccc(OC)c(OC)c2)cc1OC. The Labute approximate surface area is 177 Å². The number of terminal acetylenes is 1. The number of hydrogen-bond acceptors (Lipinski definition) is 6. The third kappa shape index (κ3) is 5.29. The summed E-state index contributed by atoms with van der Waals surface area (Å²) >= 11 is 2.12. The minimum absolute atomic E-state index is 0.140. The van der Waals surface area contributed by atoms with E-state index >= 15 is 0 Å². The van der Waals surface area contributed by atoms with Crippen LogP contribution in [0.4, 0.5) is 0 Å². The monoisotopic (exact) mass is 494 g/mol. The molecule has 0 heterocycles. The normalized spacial score (nSPS) is 10.2. The van der Waals surface area contributed by atoms with Gasteiger partial charge >= 0.3 is 0 Å². The van der Waals surface area contributed by atoms with E-state index in [2.05, 4.69) is 39.0 Å². The molecule has 1 amide bonds. The highest BCUT2D eigenvalue weighted by molar-refractivity contribution is 14.1. The summed E-state index contributed by atoms with van der Waals surface area (Å²) < 4.78 is 22.0. The van der Waals surface area contributed by atoms with Crippen LogP contribution in [0.25, 0.3) is 0 Å². The van der Waals surface area contributed by atoms with Gasteiger partial charge in [0.15, 0.2) is 23.0 Å². The zero-order valence-electron chi connectivity index (χ0n) is 15.6. The third-order valence-corrected chi connectivity index (χ3v) is 4.38. The van der Waals surface area contributed by atoms with Crippen LogP contribution in [-0.2, 0) is 0 Å². The highest BCUT2D eigenvalue weighted by atomic mass is 127. The van der Waals surface area contributed by atoms with Crippen molar-refractivity contribution < 1.29 is 23.7 Å². The van der Waals surface area contributed by atoms with Crippen LogP contribution in [0.1, 0.15) is 15.9 Å². The number of ether oxygens (including phenoxy) is 4. The number of halogens is 1. The van der Waals surface area contributed by atoms with Crippen LogP contribution in [0.5, 0.6) is 23.0 Å². The van der Waals surface area contributed by atoms with E-state index in [-0.39, 0.29) is 12.5 Å². The van der Waals surface area contributed by atoms with E-state index < -0.39 is 0 Å². The topological polar surface area (TPSA) is 78.4 Å². The summed E-state index contributed by atoms with van der Waals surface area (Å²) in [5.41, 5.74) is 3.59. The van der Waals surface area contributed by atoms with Gasteiger partial charge < -0.3 is 18.9 Å². The first-order chi connectivity index (χ1) is 13.5. The van der Waals surface area contributed by atoms with E-state index in [1.54, 1.807) is 24.3 Å². The maximum absolute atomic E-state index is 12.3. The Balaban J connectivity index is 2.13. The summed E-state index contributed by atoms with van der Waals surface area (Å²) in [7, 11) is 4.57. The molecule has 146 valence electrons. The number of carbonyl (C=O) groups excluding carboxylic acids is 1. The second-order valence-electron chi connectivity index (χ2n) is 5.30. The molecular formula is C20H19IN2O5. The highest BCUT2D eigenvalue weighted by Gasteiger charge is 2.12. The summed E-state index contributed by atoms with van der Waals surface area (Å²) in [6.07, 6.45) is 6.74. The van der Waals surface area contributed by atoms with Crippen molar-refractivity contribution in [3.05, 3.63) is 45.0 Å². The molecule has 0 saturated carbocycles. The summed E-state index contributed by atoms with van der Waals surface area (Å²) in [5, 5.41) is 4.00. The molecule has 2 rings (SSSR count). The van der Waals surface area contributed by atoms with Crippen molar-refractivity contribution in [1.82, 2.24) is 5.43 Å². The first-order valence-electron chi connectivity index (χ1n) is 8.03. The standard InChI is InChI=1S/C20H19IN2O5/c1-5-8-28-19-15(21)9-13(10-18(19)27-4)12-22-23-20(24)14-6-7-16(25-2)17(11-14)26-3/h1,6-7,9-12H,8H2,2-4H3,(H,23,24)/b22-12+. The largest absolute Gasteiger partial charge is 0.493 e. The van der Waals surface area contributed by atoms with E-state index in [0.29, 0.717) is 28.6 Å². The van der Waals surface area contributed by atoms with E-state index in [1.807, 2.05) is 6.07 Å². The van der Waals surface area contributed by atoms with Gasteiger partial charge in [-0.2, -0.15) is 5.10 Å². The molecule has 7 nitrogen and oxygen atoms in total. The molecule has 0 saturated heterocycles. The number of rotatable bonds is 8. The van der Waals surface area contributed by atoms with Gasteiger partial charge in [-0.3, -0.25) is 4.79 Å². The molecule has 0 aromatic heterocycles. The molecule has 0 spiro atoms. The predicted molar refractivity (Wildman–Crippen MR) is 115 cm³/mol. The maximum atomic E-state index is 12.3. The Bertz CT molecular complexity index is 922. The van der Waals surface area contributed by atoms with Gasteiger partial charge in [0.1, 0.15) is 6.61 Å². The van der Waals surface area contributed by atoms with Crippen LogP contribution in [0.2, 0.25) is 0 Å². The van der Waals surface area contributed by atoms with Gasteiger partial charge in [0.2, 0.25) is 0 Å². The molecule has 0 aliphatic heterocycles. The van der Waals surface area contributed by atoms with Gasteiger partial charge in [0, 0.05) is 5.56 Å². The number of amides is 1. The van der Waals surface area contributed by atoms with Gasteiger partial charge in [-0.15, -0.1) is 6.42 Å².